The highest BCUT2D eigenvalue weighted by atomic mass is 79.9. The van der Waals surface area contributed by atoms with E-state index in [1.807, 2.05) is 24.3 Å². The Labute approximate surface area is 100 Å². The quantitative estimate of drug-likeness (QED) is 0.842. The molecule has 0 saturated carbocycles. The van der Waals surface area contributed by atoms with Crippen LogP contribution in [-0.2, 0) is 0 Å². The Balaban J connectivity index is 2.34. The lowest BCUT2D eigenvalue weighted by Gasteiger charge is -2.09. The average molecular weight is 279 g/mol. The zero-order valence-electron chi connectivity index (χ0n) is 8.14. The van der Waals surface area contributed by atoms with Crippen molar-refractivity contribution in [3.63, 3.8) is 0 Å². The fourth-order valence-corrected chi connectivity index (χ4v) is 1.51. The van der Waals surface area contributed by atoms with Crippen molar-refractivity contribution >= 4 is 33.5 Å². The number of aliphatic imine (C=N–C) groups is 1. The van der Waals surface area contributed by atoms with Crippen molar-refractivity contribution in [1.82, 2.24) is 5.32 Å². The largest absolute Gasteiger partial charge is 0.365 e. The van der Waals surface area contributed by atoms with Gasteiger partial charge in [-0.25, -0.2) is 9.79 Å². The number of hydrogen-bond donors (Lipinski definition) is 1. The molecule has 0 saturated heterocycles. The minimum Gasteiger partial charge on any atom is -0.287 e. The van der Waals surface area contributed by atoms with Gasteiger partial charge < -0.3 is 0 Å². The number of hydrogen-bond acceptors (Lipinski definition) is 3. The molecule has 1 aliphatic rings. The van der Waals surface area contributed by atoms with Gasteiger partial charge in [-0.3, -0.25) is 5.32 Å². The standard InChI is InChI=1S/C10H7BrN4O/c1-6-9(13-10(16)15-14-6)12-8-4-2-3-7(11)5-8/h2-5H,1H2,(H,12,13,16). The van der Waals surface area contributed by atoms with Crippen molar-refractivity contribution in [2.45, 2.75) is 0 Å². The molecular weight excluding hydrogens is 272 g/mol. The van der Waals surface area contributed by atoms with Crippen LogP contribution in [0.25, 0.3) is 0 Å². The molecule has 16 heavy (non-hydrogen) atoms. The van der Waals surface area contributed by atoms with Crippen molar-refractivity contribution in [3.8, 4) is 0 Å². The lowest BCUT2D eigenvalue weighted by atomic mass is 10.3. The average Bonchev–Trinajstić information content (AvgIpc) is 2.24. The van der Waals surface area contributed by atoms with E-state index in [1.165, 1.54) is 0 Å². The second kappa shape index (κ2) is 4.36. The van der Waals surface area contributed by atoms with E-state index in [9.17, 15) is 4.79 Å². The van der Waals surface area contributed by atoms with Gasteiger partial charge in [-0.05, 0) is 18.2 Å². The SMILES string of the molecule is C=C1N=NC(=O)NC1=Nc1cccc(Br)c1. The number of rotatable bonds is 1. The van der Waals surface area contributed by atoms with Gasteiger partial charge in [0.15, 0.2) is 5.84 Å². The van der Waals surface area contributed by atoms with Crippen LogP contribution in [0.4, 0.5) is 10.5 Å². The van der Waals surface area contributed by atoms with E-state index in [-0.39, 0.29) is 0 Å². The number of amides is 2. The molecular formula is C10H7BrN4O. The van der Waals surface area contributed by atoms with Crippen molar-refractivity contribution in [2.75, 3.05) is 0 Å². The highest BCUT2D eigenvalue weighted by Gasteiger charge is 2.14. The van der Waals surface area contributed by atoms with Crippen LogP contribution < -0.4 is 5.32 Å². The van der Waals surface area contributed by atoms with Crippen LogP contribution in [0.3, 0.4) is 0 Å². The molecule has 80 valence electrons. The molecule has 0 aliphatic carbocycles. The number of nitrogens with one attached hydrogen (secondary N) is 1. The number of urea groups is 1. The zero-order chi connectivity index (χ0) is 11.5. The second-order valence-electron chi connectivity index (χ2n) is 3.02. The van der Waals surface area contributed by atoms with Crippen LogP contribution in [0.15, 0.2) is 56.2 Å². The summed E-state index contributed by atoms with van der Waals surface area (Å²) in [4.78, 5) is 15.2. The molecule has 1 aromatic carbocycles. The van der Waals surface area contributed by atoms with E-state index < -0.39 is 6.03 Å². The lowest BCUT2D eigenvalue weighted by molar-refractivity contribution is 0.251. The van der Waals surface area contributed by atoms with E-state index in [0.717, 1.165) is 4.47 Å². The lowest BCUT2D eigenvalue weighted by Crippen LogP contribution is -2.31. The summed E-state index contributed by atoms with van der Waals surface area (Å²) in [7, 11) is 0. The predicted molar refractivity (Wildman–Crippen MR) is 63.8 cm³/mol. The second-order valence-corrected chi connectivity index (χ2v) is 3.93. The van der Waals surface area contributed by atoms with Crippen molar-refractivity contribution < 1.29 is 4.79 Å². The molecule has 1 heterocycles. The minimum atomic E-state index is -0.541. The summed E-state index contributed by atoms with van der Waals surface area (Å²) in [5.74, 6) is 0.318. The fourth-order valence-electron chi connectivity index (χ4n) is 1.12. The van der Waals surface area contributed by atoms with E-state index >= 15 is 0 Å². The normalized spacial score (nSPS) is 17.7. The Bertz CT molecular complexity index is 521. The molecule has 2 rings (SSSR count). The highest BCUT2D eigenvalue weighted by molar-refractivity contribution is 9.10. The maximum Gasteiger partial charge on any atom is 0.365 e. The number of benzene rings is 1. The van der Waals surface area contributed by atoms with E-state index in [0.29, 0.717) is 17.2 Å². The predicted octanol–water partition coefficient (Wildman–Crippen LogP) is 3.17. The molecule has 0 unspecified atom stereocenters. The third-order valence-corrected chi connectivity index (χ3v) is 2.30. The van der Waals surface area contributed by atoms with Crippen LogP contribution >= 0.6 is 15.9 Å². The number of halogens is 1. The number of azo groups is 1. The molecule has 0 fully saturated rings. The zero-order valence-corrected chi connectivity index (χ0v) is 9.73. The van der Waals surface area contributed by atoms with Crippen LogP contribution in [-0.4, -0.2) is 11.9 Å². The number of amidine groups is 1. The van der Waals surface area contributed by atoms with Gasteiger partial charge in [0, 0.05) is 4.47 Å². The van der Waals surface area contributed by atoms with Gasteiger partial charge in [-0.15, -0.1) is 5.11 Å². The molecule has 0 spiro atoms. The summed E-state index contributed by atoms with van der Waals surface area (Å²) < 4.78 is 0.906. The summed E-state index contributed by atoms with van der Waals surface area (Å²) in [5.41, 5.74) is 1.03. The van der Waals surface area contributed by atoms with Crippen LogP contribution in [0.5, 0.6) is 0 Å². The maximum atomic E-state index is 11.0. The van der Waals surface area contributed by atoms with Crippen molar-refractivity contribution in [1.29, 1.82) is 0 Å². The Hall–Kier alpha value is -1.82. The smallest absolute Gasteiger partial charge is 0.287 e. The number of carbonyl (C=O) groups excluding carboxylic acids is 1. The summed E-state index contributed by atoms with van der Waals surface area (Å²) in [5, 5.41) is 9.36. The first-order valence-corrected chi connectivity index (χ1v) is 5.21. The number of nitrogens with zero attached hydrogens (tertiary/aromatic N) is 3. The molecule has 6 heteroatoms. The summed E-state index contributed by atoms with van der Waals surface area (Å²) in [6.07, 6.45) is 0. The van der Waals surface area contributed by atoms with Gasteiger partial charge in [0.1, 0.15) is 5.70 Å². The van der Waals surface area contributed by atoms with Gasteiger partial charge in [-0.2, -0.15) is 0 Å². The van der Waals surface area contributed by atoms with Crippen molar-refractivity contribution in [3.05, 3.63) is 41.0 Å². The minimum absolute atomic E-state index is 0.318. The summed E-state index contributed by atoms with van der Waals surface area (Å²) in [6.45, 7) is 3.63. The molecule has 0 radical (unpaired) electrons. The molecule has 5 nitrogen and oxygen atoms in total. The Morgan fingerprint density at radius 1 is 1.38 bits per heavy atom. The van der Waals surface area contributed by atoms with Gasteiger partial charge in [-0.1, -0.05) is 33.7 Å². The van der Waals surface area contributed by atoms with Gasteiger partial charge in [0.2, 0.25) is 0 Å². The maximum absolute atomic E-state index is 11.0. The van der Waals surface area contributed by atoms with Crippen molar-refractivity contribution in [2.24, 2.45) is 15.2 Å². The number of carbonyl (C=O) groups is 1. The Morgan fingerprint density at radius 3 is 2.94 bits per heavy atom. The van der Waals surface area contributed by atoms with Gasteiger partial charge >= 0.3 is 6.03 Å². The van der Waals surface area contributed by atoms with Gasteiger partial charge in [0.05, 0.1) is 5.69 Å². The molecule has 0 aromatic heterocycles. The van der Waals surface area contributed by atoms with Crippen LogP contribution in [0.1, 0.15) is 0 Å². The third-order valence-electron chi connectivity index (χ3n) is 1.81. The topological polar surface area (TPSA) is 66.2 Å². The molecule has 2 amide bonds. The Morgan fingerprint density at radius 2 is 2.19 bits per heavy atom. The first-order chi connectivity index (χ1) is 7.65. The summed E-state index contributed by atoms with van der Waals surface area (Å²) in [6, 6.07) is 6.82. The molecule has 1 N–H and O–H groups in total. The van der Waals surface area contributed by atoms with E-state index in [1.54, 1.807) is 0 Å². The first-order valence-electron chi connectivity index (χ1n) is 4.41. The third kappa shape index (κ3) is 2.40. The van der Waals surface area contributed by atoms with Crippen LogP contribution in [0, 0.1) is 0 Å². The molecule has 0 bridgehead atoms. The monoisotopic (exact) mass is 278 g/mol. The molecule has 0 atom stereocenters. The fraction of sp³-hybridized carbons (Fsp3) is 0. The van der Waals surface area contributed by atoms with Crippen LogP contribution in [0.2, 0.25) is 0 Å². The van der Waals surface area contributed by atoms with E-state index in [4.69, 9.17) is 0 Å². The highest BCUT2D eigenvalue weighted by Crippen LogP contribution is 2.19. The molecule has 1 aliphatic heterocycles. The molecule has 1 aromatic rings. The summed E-state index contributed by atoms with van der Waals surface area (Å²) >= 11 is 3.33. The Kier molecular flexibility index (Phi) is 2.91. The van der Waals surface area contributed by atoms with Gasteiger partial charge in [0.25, 0.3) is 0 Å². The van der Waals surface area contributed by atoms with E-state index in [2.05, 4.69) is 43.0 Å². The first kappa shape index (κ1) is 10.7.